The maximum absolute atomic E-state index is 5.43. The van der Waals surface area contributed by atoms with Gasteiger partial charge in [-0.25, -0.2) is 0 Å². The summed E-state index contributed by atoms with van der Waals surface area (Å²) in [5, 5.41) is 6.93. The van der Waals surface area contributed by atoms with Crippen LogP contribution in [0.15, 0.2) is 18.2 Å². The highest BCUT2D eigenvalue weighted by Crippen LogP contribution is 2.33. The first-order valence-corrected chi connectivity index (χ1v) is 9.01. The Morgan fingerprint density at radius 2 is 1.67 bits per heavy atom. The second-order valence-corrected chi connectivity index (χ2v) is 8.00. The number of fused-ring (bicyclic) bond motifs is 1. The lowest BCUT2D eigenvalue weighted by atomic mass is 9.80. The number of hydrogen-bond donors (Lipinski definition) is 2. The van der Waals surface area contributed by atoms with E-state index in [-0.39, 0.29) is 11.0 Å². The molecule has 0 unspecified atom stereocenters. The molecule has 1 aromatic rings. The van der Waals surface area contributed by atoms with E-state index in [0.717, 1.165) is 31.0 Å². The topological polar surface area (TPSA) is 42.5 Å². The molecule has 0 amide bonds. The number of ether oxygens (including phenoxy) is 2. The first-order valence-electron chi connectivity index (χ1n) is 9.01. The first kappa shape index (κ1) is 20.8. The highest BCUT2D eigenvalue weighted by molar-refractivity contribution is 5.44. The van der Waals surface area contributed by atoms with Crippen LogP contribution in [0.3, 0.4) is 0 Å². The maximum Gasteiger partial charge on any atom is 0.231 e. The molecular formula is C20H36N2O2. The normalized spacial score (nSPS) is 13.5. The van der Waals surface area contributed by atoms with Crippen LogP contribution >= 0.6 is 0 Å². The van der Waals surface area contributed by atoms with Crippen LogP contribution in [0.25, 0.3) is 0 Å². The molecule has 4 heteroatoms. The Hall–Kier alpha value is -1.26. The van der Waals surface area contributed by atoms with Gasteiger partial charge in [-0.1, -0.05) is 40.2 Å². The molecule has 1 aromatic carbocycles. The van der Waals surface area contributed by atoms with Crippen LogP contribution in [0.2, 0.25) is 0 Å². The van der Waals surface area contributed by atoms with E-state index in [1.165, 1.54) is 12.0 Å². The summed E-state index contributed by atoms with van der Waals surface area (Å²) in [5.74, 6) is 1.69. The largest absolute Gasteiger partial charge is 0.454 e. The van der Waals surface area contributed by atoms with Crippen LogP contribution in [0.1, 0.15) is 59.9 Å². The average molecular weight is 337 g/mol. The van der Waals surface area contributed by atoms with E-state index in [2.05, 4.69) is 64.3 Å². The van der Waals surface area contributed by atoms with Crippen molar-refractivity contribution in [1.29, 1.82) is 0 Å². The molecule has 1 aliphatic heterocycles. The van der Waals surface area contributed by atoms with Gasteiger partial charge in [0.15, 0.2) is 11.5 Å². The van der Waals surface area contributed by atoms with Gasteiger partial charge in [0.1, 0.15) is 0 Å². The van der Waals surface area contributed by atoms with E-state index in [0.29, 0.717) is 6.79 Å². The zero-order valence-electron chi connectivity index (χ0n) is 16.6. The summed E-state index contributed by atoms with van der Waals surface area (Å²) in [6.07, 6.45) is 2.35. The van der Waals surface area contributed by atoms with Crippen LogP contribution in [-0.4, -0.2) is 25.9 Å². The zero-order valence-corrected chi connectivity index (χ0v) is 16.6. The van der Waals surface area contributed by atoms with Crippen LogP contribution in [-0.2, 0) is 6.54 Å². The lowest BCUT2D eigenvalue weighted by Gasteiger charge is -2.36. The Kier molecular flexibility index (Phi) is 8.04. The lowest BCUT2D eigenvalue weighted by molar-refractivity contribution is 0.174. The second-order valence-electron chi connectivity index (χ2n) is 8.00. The summed E-state index contributed by atoms with van der Waals surface area (Å²) in [4.78, 5) is 0. The Labute approximate surface area is 148 Å². The fraction of sp³-hybridized carbons (Fsp3) is 0.700. The van der Waals surface area contributed by atoms with Gasteiger partial charge in [0, 0.05) is 18.6 Å². The van der Waals surface area contributed by atoms with E-state index in [4.69, 9.17) is 9.47 Å². The minimum Gasteiger partial charge on any atom is -0.454 e. The summed E-state index contributed by atoms with van der Waals surface area (Å²) >= 11 is 0. The fourth-order valence-corrected chi connectivity index (χ4v) is 3.19. The van der Waals surface area contributed by atoms with Crippen LogP contribution in [0, 0.1) is 5.41 Å². The summed E-state index contributed by atoms with van der Waals surface area (Å²) < 4.78 is 10.8. The highest BCUT2D eigenvalue weighted by atomic mass is 16.7. The van der Waals surface area contributed by atoms with Gasteiger partial charge in [-0.15, -0.1) is 0 Å². The number of nitrogens with one attached hydrogen (secondary N) is 2. The molecule has 0 aromatic heterocycles. The predicted octanol–water partition coefficient (Wildman–Crippen LogP) is 4.34. The third kappa shape index (κ3) is 7.10. The molecule has 24 heavy (non-hydrogen) atoms. The van der Waals surface area contributed by atoms with Crippen molar-refractivity contribution in [2.24, 2.45) is 5.41 Å². The molecule has 2 rings (SSSR count). The number of rotatable bonds is 7. The monoisotopic (exact) mass is 336 g/mol. The van der Waals surface area contributed by atoms with Crippen LogP contribution < -0.4 is 20.1 Å². The zero-order chi connectivity index (χ0) is 18.2. The van der Waals surface area contributed by atoms with Crippen LogP contribution in [0.5, 0.6) is 11.5 Å². The smallest absolute Gasteiger partial charge is 0.231 e. The van der Waals surface area contributed by atoms with E-state index in [1.807, 2.05) is 13.1 Å². The molecule has 0 fully saturated rings. The van der Waals surface area contributed by atoms with Gasteiger partial charge in [-0.3, -0.25) is 0 Å². The van der Waals surface area contributed by atoms with Gasteiger partial charge in [-0.05, 0) is 50.4 Å². The Bertz CT molecular complexity index is 498. The van der Waals surface area contributed by atoms with Gasteiger partial charge in [0.25, 0.3) is 0 Å². The van der Waals surface area contributed by atoms with Crippen molar-refractivity contribution in [2.45, 2.75) is 66.5 Å². The molecule has 0 bridgehead atoms. The van der Waals surface area contributed by atoms with Crippen molar-refractivity contribution in [3.63, 3.8) is 0 Å². The molecular weight excluding hydrogens is 300 g/mol. The molecule has 4 nitrogen and oxygen atoms in total. The molecule has 0 saturated heterocycles. The molecule has 138 valence electrons. The van der Waals surface area contributed by atoms with Crippen molar-refractivity contribution in [3.05, 3.63) is 23.8 Å². The van der Waals surface area contributed by atoms with Crippen molar-refractivity contribution >= 4 is 0 Å². The van der Waals surface area contributed by atoms with E-state index in [9.17, 15) is 0 Å². The minimum atomic E-state index is 0.0801. The molecule has 1 aliphatic rings. The SMILES string of the molecule is CCC.CNCC(C)(C)CC(C)(C)NCc1ccc2c(c1)OCO2. The van der Waals surface area contributed by atoms with E-state index in [1.54, 1.807) is 0 Å². The summed E-state index contributed by atoms with van der Waals surface area (Å²) in [6.45, 7) is 15.5. The van der Waals surface area contributed by atoms with Gasteiger partial charge < -0.3 is 20.1 Å². The quantitative estimate of drug-likeness (QED) is 0.777. The third-order valence-electron chi connectivity index (χ3n) is 3.78. The summed E-state index contributed by atoms with van der Waals surface area (Å²) in [7, 11) is 2.01. The maximum atomic E-state index is 5.43. The van der Waals surface area contributed by atoms with Crippen molar-refractivity contribution in [1.82, 2.24) is 10.6 Å². The fourth-order valence-electron chi connectivity index (χ4n) is 3.19. The van der Waals surface area contributed by atoms with Gasteiger partial charge >= 0.3 is 0 Å². The second kappa shape index (κ2) is 9.28. The Morgan fingerprint density at radius 1 is 1.04 bits per heavy atom. The molecule has 0 atom stereocenters. The van der Waals surface area contributed by atoms with Crippen molar-refractivity contribution in [3.8, 4) is 11.5 Å². The van der Waals surface area contributed by atoms with Crippen LogP contribution in [0.4, 0.5) is 0 Å². The van der Waals surface area contributed by atoms with Gasteiger partial charge in [0.2, 0.25) is 6.79 Å². The predicted molar refractivity (Wildman–Crippen MR) is 102 cm³/mol. The van der Waals surface area contributed by atoms with Gasteiger partial charge in [-0.2, -0.15) is 0 Å². The Balaban J connectivity index is 0.000000891. The lowest BCUT2D eigenvalue weighted by Crippen LogP contribution is -2.44. The molecule has 1 heterocycles. The molecule has 2 N–H and O–H groups in total. The molecule has 0 radical (unpaired) electrons. The number of benzene rings is 1. The minimum absolute atomic E-state index is 0.0801. The summed E-state index contributed by atoms with van der Waals surface area (Å²) in [5.41, 5.74) is 1.57. The molecule has 0 saturated carbocycles. The molecule has 0 aliphatic carbocycles. The third-order valence-corrected chi connectivity index (χ3v) is 3.78. The highest BCUT2D eigenvalue weighted by Gasteiger charge is 2.28. The summed E-state index contributed by atoms with van der Waals surface area (Å²) in [6, 6.07) is 6.14. The van der Waals surface area contributed by atoms with Crippen molar-refractivity contribution in [2.75, 3.05) is 20.4 Å². The standard InChI is InChI=1S/C17H28N2O2.C3H8/c1-16(2,11-18-5)10-17(3,4)19-9-13-6-7-14-15(8-13)21-12-20-14;1-3-2/h6-8,18-19H,9-12H2,1-5H3;3H2,1-2H3. The van der Waals surface area contributed by atoms with Crippen molar-refractivity contribution < 1.29 is 9.47 Å². The first-order chi connectivity index (χ1) is 11.2. The van der Waals surface area contributed by atoms with E-state index >= 15 is 0 Å². The number of hydrogen-bond acceptors (Lipinski definition) is 4. The van der Waals surface area contributed by atoms with Gasteiger partial charge in [0.05, 0.1) is 0 Å². The Morgan fingerprint density at radius 3 is 2.29 bits per heavy atom. The average Bonchev–Trinajstić information content (AvgIpc) is 2.92. The molecule has 0 spiro atoms. The van der Waals surface area contributed by atoms with E-state index < -0.39 is 0 Å².